The Morgan fingerprint density at radius 1 is 1.23 bits per heavy atom. The molecule has 0 fully saturated rings. The third kappa shape index (κ3) is 6.74. The van der Waals surface area contributed by atoms with Crippen LogP contribution in [0.5, 0.6) is 0 Å². The van der Waals surface area contributed by atoms with E-state index in [0.29, 0.717) is 11.5 Å². The topological polar surface area (TPSA) is 99.9 Å². The Morgan fingerprint density at radius 3 is 2.50 bits per heavy atom. The second-order valence-corrected chi connectivity index (χ2v) is 14.1. The van der Waals surface area contributed by atoms with Crippen LogP contribution in [0.25, 0.3) is 21.7 Å². The summed E-state index contributed by atoms with van der Waals surface area (Å²) in [6.07, 6.45) is 0.768. The van der Waals surface area contributed by atoms with Crippen LogP contribution < -0.4 is 51.4 Å². The normalized spacial score (nSPS) is 11.8. The maximum absolute atomic E-state index is 13.5. The fourth-order valence-electron chi connectivity index (χ4n) is 2.46. The second kappa shape index (κ2) is 10.9. The molecule has 3 aromatic heterocycles. The van der Waals surface area contributed by atoms with E-state index in [-0.39, 0.29) is 85.5 Å². The maximum atomic E-state index is 13.5. The van der Waals surface area contributed by atoms with Crippen molar-refractivity contribution in [2.24, 2.45) is 0 Å². The van der Waals surface area contributed by atoms with E-state index in [4.69, 9.17) is 4.74 Å². The van der Waals surface area contributed by atoms with E-state index in [1.807, 2.05) is 0 Å². The zero-order valence-electron chi connectivity index (χ0n) is 16.9. The second-order valence-electron chi connectivity index (χ2n) is 7.42. The molecule has 3 aromatic rings. The van der Waals surface area contributed by atoms with Crippen molar-refractivity contribution >= 4 is 36.9 Å². The van der Waals surface area contributed by atoms with Crippen molar-refractivity contribution in [2.75, 3.05) is 6.61 Å². The SMILES string of the molecule is C[Si](C)(C)CCOCn1cc(C(F)(F)F)c2nc(-c3cnc([C-]=O)s3)cnc21.[K+].[OH-]. The molecule has 0 unspecified atom stereocenters. The van der Waals surface area contributed by atoms with Gasteiger partial charge < -0.3 is 19.6 Å². The first-order chi connectivity index (χ1) is 13.1. The third-order valence-electron chi connectivity index (χ3n) is 3.94. The Labute approximate surface area is 218 Å². The van der Waals surface area contributed by atoms with Crippen molar-refractivity contribution in [1.82, 2.24) is 19.5 Å². The van der Waals surface area contributed by atoms with Gasteiger partial charge in [0.2, 0.25) is 0 Å². The molecule has 0 amide bonds. The summed E-state index contributed by atoms with van der Waals surface area (Å²) < 4.78 is 47.4. The molecule has 3 rings (SSSR count). The van der Waals surface area contributed by atoms with Crippen molar-refractivity contribution in [3.05, 3.63) is 29.2 Å². The van der Waals surface area contributed by atoms with Gasteiger partial charge in [-0.25, -0.2) is 16.3 Å². The predicted octanol–water partition coefficient (Wildman–Crippen LogP) is 1.17. The molecule has 0 aromatic carbocycles. The molecule has 0 radical (unpaired) electrons. The molecule has 0 aliphatic rings. The van der Waals surface area contributed by atoms with Crippen LogP contribution in [-0.2, 0) is 22.4 Å². The van der Waals surface area contributed by atoms with Crippen LogP contribution in [-0.4, -0.2) is 46.0 Å². The van der Waals surface area contributed by atoms with Crippen molar-refractivity contribution in [3.63, 3.8) is 0 Å². The van der Waals surface area contributed by atoms with Crippen LogP contribution in [0.3, 0.4) is 0 Å². The van der Waals surface area contributed by atoms with Crippen molar-refractivity contribution in [3.8, 4) is 10.6 Å². The minimum Gasteiger partial charge on any atom is -0.870 e. The number of rotatable bonds is 7. The van der Waals surface area contributed by atoms with E-state index in [0.717, 1.165) is 23.6 Å². The smallest absolute Gasteiger partial charge is 0.870 e. The van der Waals surface area contributed by atoms with E-state index in [9.17, 15) is 18.0 Å². The first-order valence-corrected chi connectivity index (χ1v) is 13.0. The Bertz CT molecular complexity index is 1000. The molecule has 7 nitrogen and oxygen atoms in total. The van der Waals surface area contributed by atoms with Crippen molar-refractivity contribution < 1.29 is 79.6 Å². The van der Waals surface area contributed by atoms with Crippen LogP contribution in [0.2, 0.25) is 25.7 Å². The number of hydrogen-bond donors (Lipinski definition) is 0. The number of hydrogen-bond acceptors (Lipinski definition) is 7. The Kier molecular flexibility index (Phi) is 9.97. The van der Waals surface area contributed by atoms with E-state index < -0.39 is 19.8 Å². The minimum absolute atomic E-state index is 0. The molecular weight excluding hydrogens is 464 g/mol. The van der Waals surface area contributed by atoms with Gasteiger partial charge in [-0.1, -0.05) is 19.6 Å². The summed E-state index contributed by atoms with van der Waals surface area (Å²) >= 11 is 0.988. The fourth-order valence-corrected chi connectivity index (χ4v) is 3.88. The van der Waals surface area contributed by atoms with E-state index >= 15 is 0 Å². The first-order valence-electron chi connectivity index (χ1n) is 8.44. The summed E-state index contributed by atoms with van der Waals surface area (Å²) in [6.45, 7) is 7.04. The number of carbonyl (C=O) groups excluding carboxylic acids is 1. The molecule has 3 heterocycles. The van der Waals surface area contributed by atoms with Crippen molar-refractivity contribution in [2.45, 2.75) is 38.6 Å². The van der Waals surface area contributed by atoms with Gasteiger partial charge in [-0.2, -0.15) is 13.2 Å². The number of alkyl halides is 3. The van der Waals surface area contributed by atoms with Crippen LogP contribution >= 0.6 is 11.3 Å². The van der Waals surface area contributed by atoms with Gasteiger partial charge in [0.05, 0.1) is 11.1 Å². The average Bonchev–Trinajstić information content (AvgIpc) is 3.22. The molecule has 30 heavy (non-hydrogen) atoms. The monoisotopic (exact) mass is 483 g/mol. The van der Waals surface area contributed by atoms with Crippen LogP contribution in [0.4, 0.5) is 13.2 Å². The van der Waals surface area contributed by atoms with E-state index in [1.165, 1.54) is 17.0 Å². The van der Waals surface area contributed by atoms with Gasteiger partial charge in [0.1, 0.15) is 23.5 Å². The molecular formula is C17H19F3KN4O3SSi-. The number of ether oxygens (including phenoxy) is 1. The number of aromatic nitrogens is 4. The zero-order chi connectivity index (χ0) is 20.5. The Balaban J connectivity index is 0.00000225. The third-order valence-corrected chi connectivity index (χ3v) is 6.56. The van der Waals surface area contributed by atoms with Gasteiger partial charge in [0.25, 0.3) is 0 Å². The van der Waals surface area contributed by atoms with Crippen LogP contribution in [0, 0.1) is 0 Å². The summed E-state index contributed by atoms with van der Waals surface area (Å²) in [5.74, 6) is 0. The van der Waals surface area contributed by atoms with Gasteiger partial charge in [-0.15, -0.1) is 11.3 Å². The fraction of sp³-hybridized carbons (Fsp3) is 0.412. The van der Waals surface area contributed by atoms with Gasteiger partial charge in [-0.05, 0) is 11.1 Å². The number of nitrogens with zero attached hydrogens (tertiary/aromatic N) is 4. The summed E-state index contributed by atoms with van der Waals surface area (Å²) in [7, 11) is -1.29. The van der Waals surface area contributed by atoms with Gasteiger partial charge in [-0.3, -0.25) is 4.98 Å². The molecule has 13 heteroatoms. The van der Waals surface area contributed by atoms with Crippen LogP contribution in [0.15, 0.2) is 18.6 Å². The van der Waals surface area contributed by atoms with Gasteiger partial charge >= 0.3 is 57.6 Å². The molecule has 0 atom stereocenters. The number of halogens is 3. The first kappa shape index (κ1) is 27.5. The summed E-state index contributed by atoms with van der Waals surface area (Å²) in [6, 6.07) is 0.912. The minimum atomic E-state index is -4.58. The molecule has 158 valence electrons. The number of fused-ring (bicyclic) bond motifs is 1. The molecule has 0 saturated heterocycles. The van der Waals surface area contributed by atoms with E-state index in [1.54, 1.807) is 6.29 Å². The van der Waals surface area contributed by atoms with E-state index in [2.05, 4.69) is 34.6 Å². The largest absolute Gasteiger partial charge is 1.00 e. The molecule has 0 bridgehead atoms. The van der Waals surface area contributed by atoms with Crippen LogP contribution in [0.1, 0.15) is 10.6 Å². The molecule has 0 saturated carbocycles. The standard InChI is InChI=1S/C17H18F3N4O2SSi.K.H2O/c1-28(2,3)5-4-26-10-24-8-11(17(18,19)20)15-16(24)22-6-12(23-15)13-7-21-14(9-25)27-13;;/h6-8H,4-5,10H2,1-3H3;;1H2/q-1;+1;/p-1. The molecule has 0 aliphatic carbocycles. The quantitative estimate of drug-likeness (QED) is 0.284. The summed E-state index contributed by atoms with van der Waals surface area (Å²) in [4.78, 5) is 23.2. The predicted molar refractivity (Wildman–Crippen MR) is 104 cm³/mol. The molecule has 0 spiro atoms. The Morgan fingerprint density at radius 2 is 1.93 bits per heavy atom. The van der Waals surface area contributed by atoms with Gasteiger partial charge in [0, 0.05) is 27.1 Å². The molecule has 0 aliphatic heterocycles. The summed E-state index contributed by atoms with van der Waals surface area (Å²) in [5, 5.41) is 0.0984. The Hall–Kier alpha value is -0.517. The zero-order valence-corrected chi connectivity index (χ0v) is 21.9. The number of thiazole rings is 1. The van der Waals surface area contributed by atoms with Crippen molar-refractivity contribution in [1.29, 1.82) is 0 Å². The van der Waals surface area contributed by atoms with Gasteiger partial charge in [0.15, 0.2) is 5.65 Å². The molecule has 1 N–H and O–H groups in total. The summed E-state index contributed by atoms with van der Waals surface area (Å²) in [5.41, 5.74) is -0.827. The maximum Gasteiger partial charge on any atom is 1.00 e. The average molecular weight is 484 g/mol.